The molecule has 0 radical (unpaired) electrons. The topological polar surface area (TPSA) is 41.1 Å². The Labute approximate surface area is 149 Å². The predicted octanol–water partition coefficient (Wildman–Crippen LogP) is 2.85. The number of piperazine rings is 1. The molecule has 0 saturated carbocycles. The summed E-state index contributed by atoms with van der Waals surface area (Å²) in [4.78, 5) is 11.7. The molecular weight excluding hydrogens is 331 g/mol. The smallest absolute Gasteiger partial charge is 0.225 e. The van der Waals surface area contributed by atoms with Crippen LogP contribution in [0.25, 0.3) is 0 Å². The van der Waals surface area contributed by atoms with E-state index >= 15 is 0 Å². The summed E-state index contributed by atoms with van der Waals surface area (Å²) in [5.74, 6) is 0.904. The molecule has 2 aromatic rings. The number of halogens is 2. The molecule has 4 nitrogen and oxygen atoms in total. The van der Waals surface area contributed by atoms with Gasteiger partial charge in [-0.1, -0.05) is 30.3 Å². The van der Waals surface area contributed by atoms with Crippen molar-refractivity contribution in [3.63, 3.8) is 0 Å². The van der Waals surface area contributed by atoms with Crippen molar-refractivity contribution in [3.8, 4) is 0 Å². The number of hydrogen-bond donors (Lipinski definition) is 1. The van der Waals surface area contributed by atoms with Crippen molar-refractivity contribution in [2.45, 2.75) is 31.3 Å². The molecule has 0 unspecified atom stereocenters. The Morgan fingerprint density at radius 2 is 1.52 bits per heavy atom. The van der Waals surface area contributed by atoms with Crippen LogP contribution in [0.15, 0.2) is 42.7 Å². The molecule has 6 heteroatoms. The summed E-state index contributed by atoms with van der Waals surface area (Å²) in [6.07, 6.45) is 7.38. The summed E-state index contributed by atoms with van der Waals surface area (Å²) in [5.41, 5.74) is 2.48. The lowest BCUT2D eigenvalue weighted by Gasteiger charge is -2.35. The number of rotatable bonds is 3. The van der Waals surface area contributed by atoms with E-state index in [2.05, 4.69) is 44.5 Å². The van der Waals surface area contributed by atoms with Gasteiger partial charge in [-0.05, 0) is 24.0 Å². The second-order valence-electron chi connectivity index (χ2n) is 6.00. The van der Waals surface area contributed by atoms with Gasteiger partial charge in [0.2, 0.25) is 5.95 Å². The van der Waals surface area contributed by atoms with E-state index in [4.69, 9.17) is 0 Å². The molecule has 2 aliphatic rings. The number of nitrogens with one attached hydrogen (secondary N) is 1. The minimum Gasteiger partial charge on any atom is -0.332 e. The van der Waals surface area contributed by atoms with Crippen molar-refractivity contribution in [3.05, 3.63) is 53.9 Å². The van der Waals surface area contributed by atoms with E-state index in [0.29, 0.717) is 12.1 Å². The van der Waals surface area contributed by atoms with E-state index in [0.717, 1.165) is 25.5 Å². The molecule has 2 atom stereocenters. The first-order valence-corrected chi connectivity index (χ1v) is 7.74. The monoisotopic (exact) mass is 352 g/mol. The average molecular weight is 353 g/mol. The van der Waals surface area contributed by atoms with Gasteiger partial charge in [-0.2, -0.15) is 0 Å². The third kappa shape index (κ3) is 3.77. The fourth-order valence-electron chi connectivity index (χ4n) is 3.51. The van der Waals surface area contributed by atoms with Crippen LogP contribution in [0.4, 0.5) is 5.95 Å². The zero-order chi connectivity index (χ0) is 14.1. The van der Waals surface area contributed by atoms with Gasteiger partial charge in [0.1, 0.15) is 0 Å². The number of fused-ring (bicyclic) bond motifs is 2. The van der Waals surface area contributed by atoms with Crippen molar-refractivity contribution < 1.29 is 0 Å². The zero-order valence-corrected chi connectivity index (χ0v) is 14.5. The average Bonchev–Trinajstić information content (AvgIpc) is 2.78. The molecule has 2 saturated heterocycles. The van der Waals surface area contributed by atoms with Gasteiger partial charge in [0.25, 0.3) is 0 Å². The summed E-state index contributed by atoms with van der Waals surface area (Å²) in [5, 5.41) is 3.49. The highest BCUT2D eigenvalue weighted by molar-refractivity contribution is 5.85. The first kappa shape index (κ1) is 18.0. The SMILES string of the molecule is Cl.Cl.c1ccc(Cc2cnc(N3[C@@H]4CC[C@H]3CNC4)nc2)cc1. The molecular formula is C17H22Cl2N4. The minimum atomic E-state index is 0. The molecule has 4 rings (SSSR count). The quantitative estimate of drug-likeness (QED) is 0.921. The Bertz CT molecular complexity index is 590. The standard InChI is InChI=1S/C17H20N4.2ClH/c1-2-4-13(5-3-1)8-14-9-19-17(20-10-14)21-15-6-7-16(21)12-18-11-15;;/h1-5,9-10,15-16,18H,6-8,11-12H2;2*1H/t15-,16+;;. The Balaban J connectivity index is 0.000000960. The highest BCUT2D eigenvalue weighted by Crippen LogP contribution is 2.29. The van der Waals surface area contributed by atoms with E-state index in [-0.39, 0.29) is 24.8 Å². The molecule has 23 heavy (non-hydrogen) atoms. The Morgan fingerprint density at radius 3 is 2.13 bits per heavy atom. The maximum absolute atomic E-state index is 4.63. The predicted molar refractivity (Wildman–Crippen MR) is 97.9 cm³/mol. The van der Waals surface area contributed by atoms with Gasteiger partial charge in [-0.25, -0.2) is 9.97 Å². The van der Waals surface area contributed by atoms with Crippen LogP contribution in [0, 0.1) is 0 Å². The van der Waals surface area contributed by atoms with E-state index in [1.54, 1.807) is 0 Å². The van der Waals surface area contributed by atoms with Gasteiger partial charge in [-0.3, -0.25) is 0 Å². The van der Waals surface area contributed by atoms with Crippen LogP contribution in [0.3, 0.4) is 0 Å². The second kappa shape index (κ2) is 7.95. The number of aromatic nitrogens is 2. The lowest BCUT2D eigenvalue weighted by atomic mass is 10.1. The maximum Gasteiger partial charge on any atom is 0.225 e. The van der Waals surface area contributed by atoms with Gasteiger partial charge >= 0.3 is 0 Å². The molecule has 1 aromatic heterocycles. The maximum atomic E-state index is 4.63. The first-order chi connectivity index (χ1) is 10.4. The Kier molecular flexibility index (Phi) is 6.22. The highest BCUT2D eigenvalue weighted by Gasteiger charge is 2.37. The van der Waals surface area contributed by atoms with Crippen LogP contribution in [-0.4, -0.2) is 35.1 Å². The van der Waals surface area contributed by atoms with Crippen LogP contribution >= 0.6 is 24.8 Å². The van der Waals surface area contributed by atoms with E-state index in [1.807, 2.05) is 18.5 Å². The number of benzene rings is 1. The van der Waals surface area contributed by atoms with Gasteiger partial charge in [-0.15, -0.1) is 24.8 Å². The lowest BCUT2D eigenvalue weighted by Crippen LogP contribution is -2.52. The summed E-state index contributed by atoms with van der Waals surface area (Å²) in [6, 6.07) is 11.6. The largest absolute Gasteiger partial charge is 0.332 e. The Hall–Kier alpha value is -1.36. The van der Waals surface area contributed by atoms with Gasteiger partial charge in [0, 0.05) is 44.0 Å². The van der Waals surface area contributed by atoms with Gasteiger partial charge in [0.15, 0.2) is 0 Å². The molecule has 1 aromatic carbocycles. The number of hydrogen-bond acceptors (Lipinski definition) is 4. The van der Waals surface area contributed by atoms with Crippen molar-refractivity contribution in [2.24, 2.45) is 0 Å². The number of nitrogens with zero attached hydrogens (tertiary/aromatic N) is 3. The molecule has 124 valence electrons. The van der Waals surface area contributed by atoms with Crippen molar-refractivity contribution >= 4 is 30.8 Å². The summed E-state index contributed by atoms with van der Waals surface area (Å²) < 4.78 is 0. The van der Waals surface area contributed by atoms with E-state index in [9.17, 15) is 0 Å². The molecule has 2 fully saturated rings. The van der Waals surface area contributed by atoms with Crippen LogP contribution < -0.4 is 10.2 Å². The number of anilines is 1. The van der Waals surface area contributed by atoms with Gasteiger partial charge in [0.05, 0.1) is 0 Å². The van der Waals surface area contributed by atoms with E-state index in [1.165, 1.54) is 24.0 Å². The third-order valence-electron chi connectivity index (χ3n) is 4.55. The zero-order valence-electron chi connectivity index (χ0n) is 12.9. The fraction of sp³-hybridized carbons (Fsp3) is 0.412. The van der Waals surface area contributed by atoms with Crippen molar-refractivity contribution in [1.29, 1.82) is 0 Å². The minimum absolute atomic E-state index is 0. The van der Waals surface area contributed by atoms with E-state index < -0.39 is 0 Å². The summed E-state index contributed by atoms with van der Waals surface area (Å²) in [6.45, 7) is 2.12. The normalized spacial score (nSPS) is 22.2. The molecule has 2 bridgehead atoms. The van der Waals surface area contributed by atoms with Crippen LogP contribution in [0.5, 0.6) is 0 Å². The second-order valence-corrected chi connectivity index (χ2v) is 6.00. The first-order valence-electron chi connectivity index (χ1n) is 7.74. The third-order valence-corrected chi connectivity index (χ3v) is 4.55. The van der Waals surface area contributed by atoms with Gasteiger partial charge < -0.3 is 10.2 Å². The Morgan fingerprint density at radius 1 is 0.913 bits per heavy atom. The van der Waals surface area contributed by atoms with Crippen LogP contribution in [0.1, 0.15) is 24.0 Å². The van der Waals surface area contributed by atoms with Crippen LogP contribution in [-0.2, 0) is 6.42 Å². The lowest BCUT2D eigenvalue weighted by molar-refractivity contribution is 0.477. The molecule has 0 spiro atoms. The molecule has 2 aliphatic heterocycles. The molecule has 0 amide bonds. The molecule has 0 aliphatic carbocycles. The fourth-order valence-corrected chi connectivity index (χ4v) is 3.51. The molecule has 3 heterocycles. The van der Waals surface area contributed by atoms with Crippen LogP contribution in [0.2, 0.25) is 0 Å². The summed E-state index contributed by atoms with van der Waals surface area (Å²) >= 11 is 0. The van der Waals surface area contributed by atoms with Crippen molar-refractivity contribution in [1.82, 2.24) is 15.3 Å². The highest BCUT2D eigenvalue weighted by atomic mass is 35.5. The van der Waals surface area contributed by atoms with Crippen molar-refractivity contribution in [2.75, 3.05) is 18.0 Å². The summed E-state index contributed by atoms with van der Waals surface area (Å²) in [7, 11) is 0. The molecule has 1 N–H and O–H groups in total.